The van der Waals surface area contributed by atoms with E-state index in [0.29, 0.717) is 0 Å². The zero-order valence-electron chi connectivity index (χ0n) is 11.5. The molecule has 2 saturated heterocycles. The molecule has 0 aromatic rings. The van der Waals surface area contributed by atoms with Crippen LogP contribution in [0.2, 0.25) is 0 Å². The molecule has 2 heterocycles. The van der Waals surface area contributed by atoms with Crippen LogP contribution in [-0.4, -0.2) is 36.1 Å². The van der Waals surface area contributed by atoms with E-state index in [4.69, 9.17) is 0 Å². The van der Waals surface area contributed by atoms with Gasteiger partial charge in [-0.3, -0.25) is 4.90 Å². The van der Waals surface area contributed by atoms with Gasteiger partial charge in [0.15, 0.2) is 0 Å². The third-order valence-corrected chi connectivity index (χ3v) is 5.56. The van der Waals surface area contributed by atoms with Gasteiger partial charge in [-0.15, -0.1) is 0 Å². The molecule has 3 aliphatic rings. The van der Waals surface area contributed by atoms with Crippen molar-refractivity contribution in [2.24, 2.45) is 11.8 Å². The Labute approximate surface area is 106 Å². The molecule has 0 radical (unpaired) electrons. The highest BCUT2D eigenvalue weighted by atomic mass is 15.2. The summed E-state index contributed by atoms with van der Waals surface area (Å²) in [5.41, 5.74) is 0. The molecular weight excluding hydrogens is 208 g/mol. The highest BCUT2D eigenvalue weighted by Gasteiger charge is 2.39. The van der Waals surface area contributed by atoms with Gasteiger partial charge in [0.2, 0.25) is 0 Å². The Morgan fingerprint density at radius 2 is 1.65 bits per heavy atom. The topological polar surface area (TPSA) is 15.3 Å². The van der Waals surface area contributed by atoms with Crippen LogP contribution >= 0.6 is 0 Å². The van der Waals surface area contributed by atoms with Crippen LogP contribution in [0.15, 0.2) is 0 Å². The number of rotatable bonds is 2. The van der Waals surface area contributed by atoms with Crippen molar-refractivity contribution in [3.8, 4) is 0 Å². The highest BCUT2D eigenvalue weighted by Crippen LogP contribution is 2.33. The summed E-state index contributed by atoms with van der Waals surface area (Å²) in [4.78, 5) is 2.72. The van der Waals surface area contributed by atoms with Crippen LogP contribution in [0.3, 0.4) is 0 Å². The molecule has 4 atom stereocenters. The first kappa shape index (κ1) is 12.0. The molecule has 0 aromatic heterocycles. The van der Waals surface area contributed by atoms with Crippen molar-refractivity contribution in [1.29, 1.82) is 0 Å². The lowest BCUT2D eigenvalue weighted by atomic mass is 9.78. The first-order valence-electron chi connectivity index (χ1n) is 7.76. The van der Waals surface area contributed by atoms with Gasteiger partial charge in [0.05, 0.1) is 0 Å². The number of nitrogens with zero attached hydrogens (tertiary/aromatic N) is 1. The molecule has 2 aliphatic heterocycles. The van der Waals surface area contributed by atoms with Crippen LogP contribution in [-0.2, 0) is 0 Å². The molecule has 4 unspecified atom stereocenters. The highest BCUT2D eigenvalue weighted by molar-refractivity contribution is 4.98. The van der Waals surface area contributed by atoms with Crippen LogP contribution < -0.4 is 5.32 Å². The molecule has 0 bridgehead atoms. The van der Waals surface area contributed by atoms with Crippen molar-refractivity contribution < 1.29 is 0 Å². The van der Waals surface area contributed by atoms with Crippen molar-refractivity contribution >= 4 is 0 Å². The normalized spacial score (nSPS) is 47.3. The molecule has 0 amide bonds. The summed E-state index contributed by atoms with van der Waals surface area (Å²) in [7, 11) is 0. The molecule has 3 fully saturated rings. The predicted molar refractivity (Wildman–Crippen MR) is 72.1 cm³/mol. The average Bonchev–Trinajstić information content (AvgIpc) is 2.87. The van der Waals surface area contributed by atoms with Crippen molar-refractivity contribution in [2.75, 3.05) is 13.1 Å². The second-order valence-corrected chi connectivity index (χ2v) is 6.72. The first-order valence-corrected chi connectivity index (χ1v) is 7.76. The Morgan fingerprint density at radius 3 is 2.41 bits per heavy atom. The van der Waals surface area contributed by atoms with E-state index in [9.17, 15) is 0 Å². The maximum Gasteiger partial charge on any atom is 0.0250 e. The third kappa shape index (κ3) is 2.26. The van der Waals surface area contributed by atoms with Gasteiger partial charge in [-0.1, -0.05) is 20.3 Å². The summed E-state index contributed by atoms with van der Waals surface area (Å²) in [5.74, 6) is 1.77. The van der Waals surface area contributed by atoms with Gasteiger partial charge < -0.3 is 5.32 Å². The maximum atomic E-state index is 4.05. The van der Waals surface area contributed by atoms with Crippen molar-refractivity contribution in [1.82, 2.24) is 10.2 Å². The average molecular weight is 236 g/mol. The molecule has 0 spiro atoms. The van der Waals surface area contributed by atoms with E-state index in [-0.39, 0.29) is 0 Å². The lowest BCUT2D eigenvalue weighted by Crippen LogP contribution is -2.51. The molecule has 98 valence electrons. The largest absolute Gasteiger partial charge is 0.309 e. The van der Waals surface area contributed by atoms with Gasteiger partial charge >= 0.3 is 0 Å². The molecule has 3 rings (SSSR count). The molecule has 1 N–H and O–H groups in total. The Balaban J connectivity index is 1.62. The van der Waals surface area contributed by atoms with Crippen molar-refractivity contribution in [2.45, 2.75) is 70.5 Å². The van der Waals surface area contributed by atoms with E-state index >= 15 is 0 Å². The van der Waals surface area contributed by atoms with Crippen LogP contribution in [0.5, 0.6) is 0 Å². The minimum atomic E-state index is 0.786. The summed E-state index contributed by atoms with van der Waals surface area (Å²) in [6.45, 7) is 7.61. The van der Waals surface area contributed by atoms with E-state index in [1.54, 1.807) is 0 Å². The van der Waals surface area contributed by atoms with Crippen LogP contribution in [0.4, 0.5) is 0 Å². The van der Waals surface area contributed by atoms with E-state index in [0.717, 1.165) is 30.0 Å². The number of nitrogens with one attached hydrogen (secondary N) is 1. The summed E-state index contributed by atoms with van der Waals surface area (Å²) >= 11 is 0. The molecule has 17 heavy (non-hydrogen) atoms. The Bertz CT molecular complexity index is 256. The van der Waals surface area contributed by atoms with Gasteiger partial charge in [0, 0.05) is 24.7 Å². The minimum absolute atomic E-state index is 0.786. The molecule has 0 aromatic carbocycles. The zero-order valence-corrected chi connectivity index (χ0v) is 11.5. The van der Waals surface area contributed by atoms with Crippen LogP contribution in [0.25, 0.3) is 0 Å². The quantitative estimate of drug-likeness (QED) is 0.793. The predicted octanol–water partition coefficient (Wildman–Crippen LogP) is 2.64. The summed E-state index contributed by atoms with van der Waals surface area (Å²) < 4.78 is 0. The molecular formula is C15H28N2. The standard InChI is InChI=1S/C15H28N2/c1-11-5-3-6-12(2)15(11)16-13-8-10-17-9-4-7-14(13)17/h11-16H,3-10H2,1-2H3. The zero-order chi connectivity index (χ0) is 11.8. The lowest BCUT2D eigenvalue weighted by molar-refractivity contribution is 0.180. The smallest absolute Gasteiger partial charge is 0.0250 e. The monoisotopic (exact) mass is 236 g/mol. The van der Waals surface area contributed by atoms with E-state index < -0.39 is 0 Å². The summed E-state index contributed by atoms with van der Waals surface area (Å²) in [6.07, 6.45) is 8.57. The summed E-state index contributed by atoms with van der Waals surface area (Å²) in [5, 5.41) is 4.05. The van der Waals surface area contributed by atoms with Gasteiger partial charge in [0.1, 0.15) is 0 Å². The van der Waals surface area contributed by atoms with E-state index in [1.165, 1.54) is 51.6 Å². The fourth-order valence-corrected chi connectivity index (χ4v) is 4.53. The molecule has 2 heteroatoms. The number of hydrogen-bond acceptors (Lipinski definition) is 2. The Hall–Kier alpha value is -0.0800. The fraction of sp³-hybridized carbons (Fsp3) is 1.00. The van der Waals surface area contributed by atoms with E-state index in [2.05, 4.69) is 24.1 Å². The van der Waals surface area contributed by atoms with E-state index in [1.807, 2.05) is 0 Å². The van der Waals surface area contributed by atoms with Gasteiger partial charge in [-0.05, 0) is 50.5 Å². The minimum Gasteiger partial charge on any atom is -0.309 e. The number of hydrogen-bond donors (Lipinski definition) is 1. The van der Waals surface area contributed by atoms with Gasteiger partial charge in [0.25, 0.3) is 0 Å². The van der Waals surface area contributed by atoms with Gasteiger partial charge in [-0.2, -0.15) is 0 Å². The summed E-state index contributed by atoms with van der Waals surface area (Å²) in [6, 6.07) is 2.45. The maximum absolute atomic E-state index is 4.05. The van der Waals surface area contributed by atoms with Crippen molar-refractivity contribution in [3.63, 3.8) is 0 Å². The first-order chi connectivity index (χ1) is 8.25. The third-order valence-electron chi connectivity index (χ3n) is 5.56. The van der Waals surface area contributed by atoms with Gasteiger partial charge in [-0.25, -0.2) is 0 Å². The van der Waals surface area contributed by atoms with Crippen LogP contribution in [0, 0.1) is 11.8 Å². The van der Waals surface area contributed by atoms with Crippen LogP contribution in [0.1, 0.15) is 52.4 Å². The number of fused-ring (bicyclic) bond motifs is 1. The SMILES string of the molecule is CC1CCCC(C)C1NC1CCN2CCCC12. The fourth-order valence-electron chi connectivity index (χ4n) is 4.53. The Morgan fingerprint density at radius 1 is 0.882 bits per heavy atom. The molecule has 2 nitrogen and oxygen atoms in total. The van der Waals surface area contributed by atoms with Crippen molar-refractivity contribution in [3.05, 3.63) is 0 Å². The second-order valence-electron chi connectivity index (χ2n) is 6.72. The lowest BCUT2D eigenvalue weighted by Gasteiger charge is -2.38. The molecule has 1 aliphatic carbocycles. The Kier molecular flexibility index (Phi) is 3.45. The molecule has 1 saturated carbocycles. The second kappa shape index (κ2) is 4.89.